The highest BCUT2D eigenvalue weighted by Crippen LogP contribution is 2.18. The Morgan fingerprint density at radius 3 is 1.04 bits per heavy atom. The maximum Gasteiger partial charge on any atom is 0.0459 e. The van der Waals surface area contributed by atoms with Crippen LogP contribution in [-0.2, 0) is 0 Å². The van der Waals surface area contributed by atoms with Crippen molar-refractivity contribution in [2.75, 3.05) is 6.61 Å². The molecule has 1 unspecified atom stereocenters. The molecule has 0 aliphatic carbocycles. The monoisotopic (exact) mass is 354 g/mol. The lowest BCUT2D eigenvalue weighted by Crippen LogP contribution is -2.06. The van der Waals surface area contributed by atoms with Gasteiger partial charge >= 0.3 is 0 Å². The van der Waals surface area contributed by atoms with Crippen molar-refractivity contribution in [1.82, 2.24) is 0 Å². The third kappa shape index (κ3) is 20.1. The van der Waals surface area contributed by atoms with Gasteiger partial charge in [-0.25, -0.2) is 0 Å². The van der Waals surface area contributed by atoms with Crippen molar-refractivity contribution in [3.8, 4) is 0 Å². The van der Waals surface area contributed by atoms with Crippen molar-refractivity contribution in [2.24, 2.45) is 5.92 Å². The Labute approximate surface area is 160 Å². The van der Waals surface area contributed by atoms with Crippen LogP contribution in [0.2, 0.25) is 0 Å². The molecule has 1 N–H and O–H groups in total. The van der Waals surface area contributed by atoms with E-state index in [1.54, 1.807) is 0 Å². The normalized spacial score (nSPS) is 12.6. The molecule has 1 atom stereocenters. The van der Waals surface area contributed by atoms with E-state index < -0.39 is 0 Å². The summed E-state index contributed by atoms with van der Waals surface area (Å²) in [7, 11) is 0. The summed E-state index contributed by atoms with van der Waals surface area (Å²) in [6.45, 7) is 4.96. The number of hydrogen-bond donors (Lipinski definition) is 1. The van der Waals surface area contributed by atoms with Crippen molar-refractivity contribution >= 4 is 0 Å². The molecule has 0 spiro atoms. The van der Waals surface area contributed by atoms with Crippen LogP contribution in [0.3, 0.4) is 0 Å². The van der Waals surface area contributed by atoms with Gasteiger partial charge < -0.3 is 5.11 Å². The molecule has 0 saturated heterocycles. The maximum absolute atomic E-state index is 9.49. The average molecular weight is 355 g/mol. The van der Waals surface area contributed by atoms with Crippen LogP contribution < -0.4 is 0 Å². The molecule has 25 heavy (non-hydrogen) atoms. The SMILES string of the molecule is CCCCCCCCCCCCCCCCC(CO)CCCCCC. The van der Waals surface area contributed by atoms with Crippen LogP contribution in [0.15, 0.2) is 0 Å². The molecule has 0 aromatic rings. The van der Waals surface area contributed by atoms with Gasteiger partial charge in [0.1, 0.15) is 0 Å². The molecule has 0 rings (SSSR count). The summed E-state index contributed by atoms with van der Waals surface area (Å²) in [5, 5.41) is 9.49. The number of aliphatic hydroxyl groups is 1. The lowest BCUT2D eigenvalue weighted by atomic mass is 9.95. The first kappa shape index (κ1) is 25.0. The average Bonchev–Trinajstić information content (AvgIpc) is 2.63. The van der Waals surface area contributed by atoms with Crippen LogP contribution in [0.5, 0.6) is 0 Å². The molecule has 152 valence electrons. The Hall–Kier alpha value is -0.0400. The zero-order valence-electron chi connectivity index (χ0n) is 17.9. The largest absolute Gasteiger partial charge is 0.396 e. The van der Waals surface area contributed by atoms with Gasteiger partial charge in [0.05, 0.1) is 0 Å². The smallest absolute Gasteiger partial charge is 0.0459 e. The van der Waals surface area contributed by atoms with E-state index in [-0.39, 0.29) is 0 Å². The highest BCUT2D eigenvalue weighted by atomic mass is 16.3. The third-order valence-corrected chi connectivity index (χ3v) is 5.69. The highest BCUT2D eigenvalue weighted by Gasteiger charge is 2.06. The molecule has 0 amide bonds. The number of hydrogen-bond acceptors (Lipinski definition) is 1. The van der Waals surface area contributed by atoms with Gasteiger partial charge in [0.25, 0.3) is 0 Å². The van der Waals surface area contributed by atoms with Crippen molar-refractivity contribution in [2.45, 2.75) is 142 Å². The molecular weight excluding hydrogens is 304 g/mol. The zero-order chi connectivity index (χ0) is 18.4. The summed E-state index contributed by atoms with van der Waals surface area (Å²) in [5.41, 5.74) is 0. The minimum Gasteiger partial charge on any atom is -0.396 e. The van der Waals surface area contributed by atoms with Gasteiger partial charge in [-0.15, -0.1) is 0 Å². The Morgan fingerprint density at radius 1 is 0.440 bits per heavy atom. The van der Waals surface area contributed by atoms with Crippen LogP contribution in [0.1, 0.15) is 142 Å². The predicted molar refractivity (Wildman–Crippen MR) is 114 cm³/mol. The second-order valence-corrected chi connectivity index (χ2v) is 8.28. The number of rotatable bonds is 21. The molecule has 0 heterocycles. The molecular formula is C24H50O. The fraction of sp³-hybridized carbons (Fsp3) is 1.00. The number of unbranched alkanes of at least 4 members (excludes halogenated alkanes) is 16. The Kier molecular flexibility index (Phi) is 22.0. The standard InChI is InChI=1S/C24H50O/c1-3-5-7-9-10-11-12-13-14-15-16-17-18-20-22-24(23-25)21-19-8-6-4-2/h24-25H,3-23H2,1-2H3. The lowest BCUT2D eigenvalue weighted by Gasteiger charge is -2.13. The molecule has 1 nitrogen and oxygen atoms in total. The van der Waals surface area contributed by atoms with Crippen LogP contribution in [0.4, 0.5) is 0 Å². The van der Waals surface area contributed by atoms with E-state index >= 15 is 0 Å². The molecule has 0 radical (unpaired) electrons. The second-order valence-electron chi connectivity index (χ2n) is 8.28. The van der Waals surface area contributed by atoms with Gasteiger partial charge in [-0.2, -0.15) is 0 Å². The molecule has 0 bridgehead atoms. The summed E-state index contributed by atoms with van der Waals surface area (Å²) in [5.74, 6) is 0.578. The molecule has 1 heteroatoms. The predicted octanol–water partition coefficient (Wildman–Crippen LogP) is 8.44. The van der Waals surface area contributed by atoms with E-state index in [4.69, 9.17) is 0 Å². The van der Waals surface area contributed by atoms with Crippen molar-refractivity contribution in [3.05, 3.63) is 0 Å². The van der Waals surface area contributed by atoms with Gasteiger partial charge in [-0.3, -0.25) is 0 Å². The van der Waals surface area contributed by atoms with E-state index in [1.165, 1.54) is 128 Å². The van der Waals surface area contributed by atoms with E-state index in [1.807, 2.05) is 0 Å². The van der Waals surface area contributed by atoms with Crippen molar-refractivity contribution in [1.29, 1.82) is 0 Å². The van der Waals surface area contributed by atoms with Crippen LogP contribution in [0.25, 0.3) is 0 Å². The summed E-state index contributed by atoms with van der Waals surface area (Å²) in [4.78, 5) is 0. The molecule has 0 aromatic carbocycles. The first-order valence-corrected chi connectivity index (χ1v) is 12.0. The molecule has 0 saturated carbocycles. The Morgan fingerprint density at radius 2 is 0.720 bits per heavy atom. The van der Waals surface area contributed by atoms with Crippen LogP contribution >= 0.6 is 0 Å². The zero-order valence-corrected chi connectivity index (χ0v) is 17.9. The van der Waals surface area contributed by atoms with Gasteiger partial charge in [0.2, 0.25) is 0 Å². The maximum atomic E-state index is 9.49. The van der Waals surface area contributed by atoms with E-state index in [2.05, 4.69) is 13.8 Å². The third-order valence-electron chi connectivity index (χ3n) is 5.69. The van der Waals surface area contributed by atoms with Crippen molar-refractivity contribution < 1.29 is 5.11 Å². The summed E-state index contributed by atoms with van der Waals surface area (Å²) in [6.07, 6.45) is 27.8. The quantitative estimate of drug-likeness (QED) is 0.205. The van der Waals surface area contributed by atoms with Crippen LogP contribution in [-0.4, -0.2) is 11.7 Å². The molecule has 0 fully saturated rings. The minimum absolute atomic E-state index is 0.407. The van der Waals surface area contributed by atoms with Gasteiger partial charge in [0.15, 0.2) is 0 Å². The first-order chi connectivity index (χ1) is 12.3. The first-order valence-electron chi connectivity index (χ1n) is 12.0. The van der Waals surface area contributed by atoms with E-state index in [9.17, 15) is 5.11 Å². The summed E-state index contributed by atoms with van der Waals surface area (Å²) in [6, 6.07) is 0. The second kappa shape index (κ2) is 22.0. The number of aliphatic hydroxyl groups excluding tert-OH is 1. The van der Waals surface area contributed by atoms with E-state index in [0.29, 0.717) is 12.5 Å². The minimum atomic E-state index is 0.407. The van der Waals surface area contributed by atoms with Crippen LogP contribution in [0, 0.1) is 5.92 Å². The lowest BCUT2D eigenvalue weighted by molar-refractivity contribution is 0.204. The molecule has 0 aliphatic heterocycles. The highest BCUT2D eigenvalue weighted by molar-refractivity contribution is 4.59. The van der Waals surface area contributed by atoms with E-state index in [0.717, 1.165) is 0 Å². The molecule has 0 aromatic heterocycles. The van der Waals surface area contributed by atoms with Crippen molar-refractivity contribution in [3.63, 3.8) is 0 Å². The van der Waals surface area contributed by atoms with Gasteiger partial charge in [0, 0.05) is 6.61 Å². The van der Waals surface area contributed by atoms with Gasteiger partial charge in [-0.1, -0.05) is 129 Å². The summed E-state index contributed by atoms with van der Waals surface area (Å²) < 4.78 is 0. The Bertz CT molecular complexity index is 226. The topological polar surface area (TPSA) is 20.2 Å². The van der Waals surface area contributed by atoms with Gasteiger partial charge in [-0.05, 0) is 18.8 Å². The molecule has 0 aliphatic rings. The summed E-state index contributed by atoms with van der Waals surface area (Å²) >= 11 is 0. The fourth-order valence-corrected chi connectivity index (χ4v) is 3.81. The Balaban J connectivity index is 3.19. The fourth-order valence-electron chi connectivity index (χ4n) is 3.81.